The number of aliphatic hydroxyl groups is 1. The molecule has 0 aromatic heterocycles. The maximum Gasteiger partial charge on any atom is 0.161 e. The Kier molecular flexibility index (Phi) is 3.39. The molecule has 1 heterocycles. The van der Waals surface area contributed by atoms with Crippen LogP contribution in [0.5, 0.6) is 11.5 Å². The van der Waals surface area contributed by atoms with Crippen molar-refractivity contribution in [2.24, 2.45) is 5.92 Å². The molecular formula is C14H19NO3. The predicted octanol–water partition coefficient (Wildman–Crippen LogP) is 1.49. The van der Waals surface area contributed by atoms with Gasteiger partial charge in [-0.25, -0.2) is 0 Å². The van der Waals surface area contributed by atoms with Gasteiger partial charge in [0.2, 0.25) is 0 Å². The Morgan fingerprint density at radius 2 is 2.00 bits per heavy atom. The predicted molar refractivity (Wildman–Crippen MR) is 68.0 cm³/mol. The number of rotatable bonds is 5. The number of fused-ring (bicyclic) bond motifs is 1. The van der Waals surface area contributed by atoms with Gasteiger partial charge in [0.05, 0.1) is 12.6 Å². The summed E-state index contributed by atoms with van der Waals surface area (Å²) in [5.74, 6) is 2.38. The summed E-state index contributed by atoms with van der Waals surface area (Å²) in [7, 11) is 0. The molecule has 2 aliphatic rings. The Balaban J connectivity index is 1.71. The first-order valence-corrected chi connectivity index (χ1v) is 6.60. The zero-order valence-electron chi connectivity index (χ0n) is 10.4. The van der Waals surface area contributed by atoms with E-state index in [1.807, 2.05) is 18.2 Å². The highest BCUT2D eigenvalue weighted by atomic mass is 16.6. The van der Waals surface area contributed by atoms with Gasteiger partial charge < -0.3 is 19.9 Å². The van der Waals surface area contributed by atoms with Crippen LogP contribution in [0.3, 0.4) is 0 Å². The van der Waals surface area contributed by atoms with Crippen molar-refractivity contribution in [2.45, 2.75) is 18.9 Å². The van der Waals surface area contributed by atoms with Crippen LogP contribution >= 0.6 is 0 Å². The second-order valence-corrected chi connectivity index (χ2v) is 4.99. The summed E-state index contributed by atoms with van der Waals surface area (Å²) in [5, 5.41) is 12.9. The van der Waals surface area contributed by atoms with E-state index in [2.05, 4.69) is 5.32 Å². The van der Waals surface area contributed by atoms with Crippen molar-refractivity contribution in [2.75, 3.05) is 26.4 Å². The van der Waals surface area contributed by atoms with Gasteiger partial charge in [0.15, 0.2) is 11.5 Å². The summed E-state index contributed by atoms with van der Waals surface area (Å²) in [6.45, 7) is 2.29. The Morgan fingerprint density at radius 1 is 1.22 bits per heavy atom. The lowest BCUT2D eigenvalue weighted by atomic mass is 10.1. The molecule has 0 amide bonds. The molecule has 18 heavy (non-hydrogen) atoms. The molecule has 1 aliphatic carbocycles. The van der Waals surface area contributed by atoms with Crippen LogP contribution in [0.15, 0.2) is 18.2 Å². The molecule has 1 aromatic rings. The van der Waals surface area contributed by atoms with E-state index >= 15 is 0 Å². The molecule has 4 heteroatoms. The molecule has 98 valence electrons. The summed E-state index contributed by atoms with van der Waals surface area (Å²) < 4.78 is 11.1. The molecule has 0 saturated heterocycles. The van der Waals surface area contributed by atoms with Crippen LogP contribution in [0, 0.1) is 5.92 Å². The molecule has 0 bridgehead atoms. The summed E-state index contributed by atoms with van der Waals surface area (Å²) in [6.07, 6.45) is 2.62. The van der Waals surface area contributed by atoms with Crippen molar-refractivity contribution in [3.63, 3.8) is 0 Å². The van der Waals surface area contributed by atoms with Gasteiger partial charge in [-0.15, -0.1) is 0 Å². The highest BCUT2D eigenvalue weighted by Crippen LogP contribution is 2.33. The third kappa shape index (κ3) is 2.60. The van der Waals surface area contributed by atoms with Crippen LogP contribution in [0.25, 0.3) is 0 Å². The number of benzene rings is 1. The average molecular weight is 249 g/mol. The molecular weight excluding hydrogens is 230 g/mol. The first-order valence-electron chi connectivity index (χ1n) is 6.60. The molecule has 1 saturated carbocycles. The topological polar surface area (TPSA) is 50.7 Å². The summed E-state index contributed by atoms with van der Waals surface area (Å²) in [5.41, 5.74) is 1.06. The van der Waals surface area contributed by atoms with E-state index in [-0.39, 0.29) is 12.6 Å². The van der Waals surface area contributed by atoms with Gasteiger partial charge in [0, 0.05) is 0 Å². The standard InChI is InChI=1S/C14H19NO3/c16-9-12(15-8-10-1-2-10)11-3-4-13-14(7-11)18-6-5-17-13/h3-4,7,10,12,15-16H,1-2,5-6,8-9H2. The van der Waals surface area contributed by atoms with E-state index in [1.54, 1.807) is 0 Å². The van der Waals surface area contributed by atoms with Gasteiger partial charge >= 0.3 is 0 Å². The van der Waals surface area contributed by atoms with Crippen LogP contribution in [0.1, 0.15) is 24.4 Å². The number of nitrogens with one attached hydrogen (secondary N) is 1. The molecule has 2 N–H and O–H groups in total. The Bertz CT molecular complexity index is 418. The van der Waals surface area contributed by atoms with Gasteiger partial charge in [-0.3, -0.25) is 0 Å². The highest BCUT2D eigenvalue weighted by Gasteiger charge is 2.23. The molecule has 1 aliphatic heterocycles. The first kappa shape index (κ1) is 11.8. The van der Waals surface area contributed by atoms with Crippen LogP contribution < -0.4 is 14.8 Å². The Morgan fingerprint density at radius 3 is 2.72 bits per heavy atom. The van der Waals surface area contributed by atoms with Crippen molar-refractivity contribution in [3.8, 4) is 11.5 Å². The molecule has 1 fully saturated rings. The Labute approximate surface area is 107 Å². The van der Waals surface area contributed by atoms with E-state index in [0.29, 0.717) is 13.2 Å². The van der Waals surface area contributed by atoms with Crippen LogP contribution in [0.4, 0.5) is 0 Å². The van der Waals surface area contributed by atoms with E-state index in [9.17, 15) is 5.11 Å². The summed E-state index contributed by atoms with van der Waals surface area (Å²) in [4.78, 5) is 0. The molecule has 3 rings (SSSR count). The zero-order chi connectivity index (χ0) is 12.4. The highest BCUT2D eigenvalue weighted by molar-refractivity contribution is 5.44. The van der Waals surface area contributed by atoms with Crippen molar-refractivity contribution >= 4 is 0 Å². The minimum Gasteiger partial charge on any atom is -0.486 e. The normalized spacial score (nSPS) is 19.6. The zero-order valence-corrected chi connectivity index (χ0v) is 10.4. The second kappa shape index (κ2) is 5.16. The van der Waals surface area contributed by atoms with Crippen LogP contribution in [-0.2, 0) is 0 Å². The molecule has 1 unspecified atom stereocenters. The lowest BCUT2D eigenvalue weighted by Gasteiger charge is -2.22. The second-order valence-electron chi connectivity index (χ2n) is 4.99. The molecule has 1 atom stereocenters. The third-order valence-electron chi connectivity index (χ3n) is 3.50. The fourth-order valence-electron chi connectivity index (χ4n) is 2.20. The van der Waals surface area contributed by atoms with Crippen molar-refractivity contribution in [1.82, 2.24) is 5.32 Å². The van der Waals surface area contributed by atoms with Gasteiger partial charge in [0.25, 0.3) is 0 Å². The monoisotopic (exact) mass is 249 g/mol. The average Bonchev–Trinajstić information content (AvgIpc) is 3.23. The smallest absolute Gasteiger partial charge is 0.161 e. The largest absolute Gasteiger partial charge is 0.486 e. The molecule has 0 spiro atoms. The van der Waals surface area contributed by atoms with Crippen LogP contribution in [-0.4, -0.2) is 31.5 Å². The quantitative estimate of drug-likeness (QED) is 0.830. The number of hydrogen-bond donors (Lipinski definition) is 2. The van der Waals surface area contributed by atoms with Crippen molar-refractivity contribution in [3.05, 3.63) is 23.8 Å². The van der Waals surface area contributed by atoms with E-state index < -0.39 is 0 Å². The molecule has 1 aromatic carbocycles. The van der Waals surface area contributed by atoms with Gasteiger partial charge in [-0.1, -0.05) is 6.07 Å². The molecule has 0 radical (unpaired) electrons. The maximum atomic E-state index is 9.48. The van der Waals surface area contributed by atoms with Crippen molar-refractivity contribution < 1.29 is 14.6 Å². The van der Waals surface area contributed by atoms with Crippen LogP contribution in [0.2, 0.25) is 0 Å². The minimum absolute atomic E-state index is 0.0126. The minimum atomic E-state index is -0.0126. The molecule has 4 nitrogen and oxygen atoms in total. The summed E-state index contributed by atoms with van der Waals surface area (Å²) in [6, 6.07) is 5.87. The lowest BCUT2D eigenvalue weighted by Crippen LogP contribution is -2.26. The van der Waals surface area contributed by atoms with E-state index in [1.165, 1.54) is 12.8 Å². The number of hydrogen-bond acceptors (Lipinski definition) is 4. The SMILES string of the molecule is OCC(NCC1CC1)c1ccc2c(c1)OCCO2. The van der Waals surface area contributed by atoms with Gasteiger partial charge in [-0.05, 0) is 43.0 Å². The number of ether oxygens (including phenoxy) is 2. The van der Waals surface area contributed by atoms with Gasteiger partial charge in [0.1, 0.15) is 13.2 Å². The number of aliphatic hydroxyl groups excluding tert-OH is 1. The fraction of sp³-hybridized carbons (Fsp3) is 0.571. The first-order chi connectivity index (χ1) is 8.86. The van der Waals surface area contributed by atoms with Gasteiger partial charge in [-0.2, -0.15) is 0 Å². The fourth-order valence-corrected chi connectivity index (χ4v) is 2.20. The summed E-state index contributed by atoms with van der Waals surface area (Å²) >= 11 is 0. The Hall–Kier alpha value is -1.26. The lowest BCUT2D eigenvalue weighted by molar-refractivity contribution is 0.171. The van der Waals surface area contributed by atoms with Crippen molar-refractivity contribution in [1.29, 1.82) is 0 Å². The third-order valence-corrected chi connectivity index (χ3v) is 3.50. The maximum absolute atomic E-state index is 9.48. The van der Waals surface area contributed by atoms with E-state index in [0.717, 1.165) is 29.5 Å². The van der Waals surface area contributed by atoms with E-state index in [4.69, 9.17) is 9.47 Å².